The van der Waals surface area contributed by atoms with Crippen molar-refractivity contribution < 1.29 is 33.2 Å². The molecule has 0 spiro atoms. The molecule has 0 aromatic heterocycles. The monoisotopic (exact) mass is 443 g/mol. The minimum atomic E-state index is 0.546. The van der Waals surface area contributed by atoms with Crippen LogP contribution in [-0.4, -0.2) is 111 Å². The van der Waals surface area contributed by atoms with Crippen LogP contribution in [0.5, 0.6) is 0 Å². The summed E-state index contributed by atoms with van der Waals surface area (Å²) in [7, 11) is 4.05. The number of ether oxygens (including phenoxy) is 7. The molecular formula is C23H41NO7. The second kappa shape index (κ2) is 22.1. The highest BCUT2D eigenvalue weighted by atomic mass is 16.6. The summed E-state index contributed by atoms with van der Waals surface area (Å²) in [5, 5.41) is 0. The zero-order chi connectivity index (χ0) is 22.2. The fourth-order valence-corrected chi connectivity index (χ4v) is 2.33. The second-order valence-electron chi connectivity index (χ2n) is 7.02. The molecule has 0 heterocycles. The lowest BCUT2D eigenvalue weighted by Gasteiger charge is -2.10. The van der Waals surface area contributed by atoms with Gasteiger partial charge < -0.3 is 38.1 Å². The Morgan fingerprint density at radius 3 is 1.23 bits per heavy atom. The van der Waals surface area contributed by atoms with E-state index in [4.69, 9.17) is 33.2 Å². The van der Waals surface area contributed by atoms with E-state index in [-0.39, 0.29) is 0 Å². The zero-order valence-corrected chi connectivity index (χ0v) is 19.3. The van der Waals surface area contributed by atoms with Gasteiger partial charge in [0.15, 0.2) is 0 Å². The van der Waals surface area contributed by atoms with E-state index in [1.54, 1.807) is 0 Å². The van der Waals surface area contributed by atoms with Crippen molar-refractivity contribution in [1.82, 2.24) is 4.90 Å². The molecule has 0 N–H and O–H groups in total. The average Bonchev–Trinajstić information content (AvgIpc) is 2.77. The van der Waals surface area contributed by atoms with Gasteiger partial charge in [0.1, 0.15) is 0 Å². The third-order valence-corrected chi connectivity index (χ3v) is 4.03. The molecule has 0 radical (unpaired) electrons. The lowest BCUT2D eigenvalue weighted by molar-refractivity contribution is -0.0214. The van der Waals surface area contributed by atoms with Crippen LogP contribution in [0, 0.1) is 0 Å². The number of benzene rings is 1. The molecule has 0 saturated heterocycles. The maximum atomic E-state index is 5.55. The molecule has 1 rings (SSSR count). The highest BCUT2D eigenvalue weighted by Gasteiger charge is 1.95. The Kier molecular flexibility index (Phi) is 19.9. The van der Waals surface area contributed by atoms with Crippen LogP contribution in [0.2, 0.25) is 0 Å². The standard InChI is InChI=1S/C23H41NO7/c1-24(2)8-9-25-10-11-26-12-13-27-14-15-28-16-17-29-18-19-30-20-21-31-22-23-6-4-3-5-7-23/h3-7H,8-22H2,1-2H3. The van der Waals surface area contributed by atoms with Gasteiger partial charge in [0, 0.05) is 6.54 Å². The minimum Gasteiger partial charge on any atom is -0.378 e. The van der Waals surface area contributed by atoms with Gasteiger partial charge in [-0.05, 0) is 19.7 Å². The molecule has 8 heteroatoms. The number of hydrogen-bond acceptors (Lipinski definition) is 8. The molecular weight excluding hydrogens is 402 g/mol. The van der Waals surface area contributed by atoms with Gasteiger partial charge in [0.25, 0.3) is 0 Å². The molecule has 180 valence electrons. The molecule has 0 saturated carbocycles. The van der Waals surface area contributed by atoms with Crippen LogP contribution in [0.25, 0.3) is 0 Å². The van der Waals surface area contributed by atoms with Crippen molar-refractivity contribution in [3.63, 3.8) is 0 Å². The van der Waals surface area contributed by atoms with Crippen LogP contribution in [0.4, 0.5) is 0 Å². The summed E-state index contributed by atoms with van der Waals surface area (Å²) in [6, 6.07) is 10.1. The topological polar surface area (TPSA) is 67.9 Å². The molecule has 0 fully saturated rings. The van der Waals surface area contributed by atoms with Crippen molar-refractivity contribution in [2.75, 3.05) is 107 Å². The first-order valence-corrected chi connectivity index (χ1v) is 11.0. The van der Waals surface area contributed by atoms with Crippen molar-refractivity contribution >= 4 is 0 Å². The number of hydrogen-bond donors (Lipinski definition) is 0. The van der Waals surface area contributed by atoms with Crippen molar-refractivity contribution in [2.24, 2.45) is 0 Å². The summed E-state index contributed by atoms with van der Waals surface area (Å²) < 4.78 is 38.2. The number of likely N-dealkylation sites (N-methyl/N-ethyl adjacent to an activating group) is 1. The Labute approximate surface area is 187 Å². The van der Waals surface area contributed by atoms with E-state index in [2.05, 4.69) is 4.90 Å². The summed E-state index contributed by atoms with van der Waals surface area (Å²) in [6.07, 6.45) is 0. The van der Waals surface area contributed by atoms with Crippen molar-refractivity contribution in [3.8, 4) is 0 Å². The largest absolute Gasteiger partial charge is 0.378 e. The Hall–Kier alpha value is -1.10. The summed E-state index contributed by atoms with van der Waals surface area (Å²) in [4.78, 5) is 2.09. The molecule has 0 unspecified atom stereocenters. The maximum absolute atomic E-state index is 5.55. The molecule has 31 heavy (non-hydrogen) atoms. The zero-order valence-electron chi connectivity index (χ0n) is 19.3. The van der Waals surface area contributed by atoms with E-state index in [0.717, 1.165) is 13.2 Å². The highest BCUT2D eigenvalue weighted by Crippen LogP contribution is 1.99. The molecule has 0 bridgehead atoms. The molecule has 0 aliphatic carbocycles. The van der Waals surface area contributed by atoms with Crippen LogP contribution in [0.3, 0.4) is 0 Å². The van der Waals surface area contributed by atoms with E-state index in [1.807, 2.05) is 44.4 Å². The summed E-state index contributed by atoms with van der Waals surface area (Å²) in [5.74, 6) is 0. The van der Waals surface area contributed by atoms with Gasteiger partial charge in [0.2, 0.25) is 0 Å². The van der Waals surface area contributed by atoms with Crippen LogP contribution in [0.15, 0.2) is 30.3 Å². The molecule has 0 aliphatic heterocycles. The smallest absolute Gasteiger partial charge is 0.0718 e. The Balaban J connectivity index is 1.66. The highest BCUT2D eigenvalue weighted by molar-refractivity contribution is 5.13. The van der Waals surface area contributed by atoms with Gasteiger partial charge in [-0.2, -0.15) is 0 Å². The Morgan fingerprint density at radius 1 is 0.484 bits per heavy atom. The average molecular weight is 444 g/mol. The van der Waals surface area contributed by atoms with Crippen LogP contribution >= 0.6 is 0 Å². The normalized spacial score (nSPS) is 11.5. The van der Waals surface area contributed by atoms with Gasteiger partial charge >= 0.3 is 0 Å². The summed E-state index contributed by atoms with van der Waals surface area (Å²) >= 11 is 0. The molecule has 0 aliphatic rings. The molecule has 8 nitrogen and oxygen atoms in total. The van der Waals surface area contributed by atoms with Gasteiger partial charge in [-0.3, -0.25) is 0 Å². The SMILES string of the molecule is CN(C)CCOCCOCCOCCOCCOCCOCCOCc1ccccc1. The second-order valence-corrected chi connectivity index (χ2v) is 7.02. The molecule has 0 amide bonds. The summed E-state index contributed by atoms with van der Waals surface area (Å²) in [6.45, 7) is 9.04. The summed E-state index contributed by atoms with van der Waals surface area (Å²) in [5.41, 5.74) is 1.17. The molecule has 0 atom stereocenters. The van der Waals surface area contributed by atoms with Crippen molar-refractivity contribution in [2.45, 2.75) is 6.61 Å². The lowest BCUT2D eigenvalue weighted by atomic mass is 10.2. The van der Waals surface area contributed by atoms with Crippen LogP contribution in [-0.2, 0) is 39.8 Å². The van der Waals surface area contributed by atoms with Crippen LogP contribution in [0.1, 0.15) is 5.56 Å². The van der Waals surface area contributed by atoms with E-state index in [9.17, 15) is 0 Å². The van der Waals surface area contributed by atoms with E-state index in [1.165, 1.54) is 5.56 Å². The predicted octanol–water partition coefficient (Wildman–Crippen LogP) is 1.86. The molecule has 1 aromatic carbocycles. The van der Waals surface area contributed by atoms with Gasteiger partial charge in [-0.25, -0.2) is 0 Å². The van der Waals surface area contributed by atoms with E-state index >= 15 is 0 Å². The lowest BCUT2D eigenvalue weighted by Crippen LogP contribution is -2.19. The van der Waals surface area contributed by atoms with E-state index in [0.29, 0.717) is 85.9 Å². The Bertz CT molecular complexity index is 476. The first-order valence-electron chi connectivity index (χ1n) is 11.0. The molecule has 1 aromatic rings. The fraction of sp³-hybridized carbons (Fsp3) is 0.739. The number of rotatable bonds is 23. The third kappa shape index (κ3) is 20.6. The predicted molar refractivity (Wildman–Crippen MR) is 120 cm³/mol. The number of nitrogens with zero attached hydrogens (tertiary/aromatic N) is 1. The third-order valence-electron chi connectivity index (χ3n) is 4.03. The first-order chi connectivity index (χ1) is 15.3. The van der Waals surface area contributed by atoms with Gasteiger partial charge in [0.05, 0.1) is 92.5 Å². The quantitative estimate of drug-likeness (QED) is 0.238. The maximum Gasteiger partial charge on any atom is 0.0718 e. The minimum absolute atomic E-state index is 0.546. The van der Waals surface area contributed by atoms with Crippen LogP contribution < -0.4 is 0 Å². The van der Waals surface area contributed by atoms with Crippen molar-refractivity contribution in [1.29, 1.82) is 0 Å². The van der Waals surface area contributed by atoms with Gasteiger partial charge in [-0.1, -0.05) is 30.3 Å². The fourth-order valence-electron chi connectivity index (χ4n) is 2.33. The van der Waals surface area contributed by atoms with Crippen molar-refractivity contribution in [3.05, 3.63) is 35.9 Å². The Morgan fingerprint density at radius 2 is 0.839 bits per heavy atom. The van der Waals surface area contributed by atoms with E-state index < -0.39 is 0 Å². The van der Waals surface area contributed by atoms with Gasteiger partial charge in [-0.15, -0.1) is 0 Å². The first kappa shape index (κ1) is 27.9.